The van der Waals surface area contributed by atoms with Gasteiger partial charge in [-0.3, -0.25) is 4.79 Å². The first-order valence-electron chi connectivity index (χ1n) is 5.64. The van der Waals surface area contributed by atoms with E-state index in [1.807, 2.05) is 6.92 Å². The van der Waals surface area contributed by atoms with Crippen LogP contribution >= 0.6 is 11.6 Å². The van der Waals surface area contributed by atoms with Gasteiger partial charge in [0.15, 0.2) is 0 Å². The third-order valence-electron chi connectivity index (χ3n) is 2.92. The third kappa shape index (κ3) is 3.71. The predicted molar refractivity (Wildman–Crippen MR) is 63.9 cm³/mol. The van der Waals surface area contributed by atoms with Crippen molar-refractivity contribution in [2.75, 3.05) is 18.8 Å². The van der Waals surface area contributed by atoms with Crippen LogP contribution in [-0.4, -0.2) is 36.8 Å². The number of carbonyl (C=O) groups is 1. The Morgan fingerprint density at radius 2 is 1.94 bits per heavy atom. The summed E-state index contributed by atoms with van der Waals surface area (Å²) in [6, 6.07) is 0. The molecular formula is C10H18ClNO3S. The number of rotatable bonds is 5. The number of halogens is 1. The summed E-state index contributed by atoms with van der Waals surface area (Å²) >= 11 is 5.40. The van der Waals surface area contributed by atoms with Crippen LogP contribution in [0.25, 0.3) is 0 Å². The molecule has 1 rings (SSSR count). The van der Waals surface area contributed by atoms with Crippen LogP contribution in [-0.2, 0) is 14.8 Å². The zero-order valence-electron chi connectivity index (χ0n) is 9.49. The normalized spacial score (nSPS) is 19.9. The van der Waals surface area contributed by atoms with Crippen LogP contribution in [0.2, 0.25) is 0 Å². The van der Waals surface area contributed by atoms with Crippen molar-refractivity contribution in [2.24, 2.45) is 5.92 Å². The number of sulfonamides is 1. The van der Waals surface area contributed by atoms with Crippen LogP contribution in [0.4, 0.5) is 0 Å². The van der Waals surface area contributed by atoms with Gasteiger partial charge in [-0.1, -0.05) is 13.3 Å². The molecule has 1 fully saturated rings. The summed E-state index contributed by atoms with van der Waals surface area (Å²) in [4.78, 5) is 10.9. The quantitative estimate of drug-likeness (QED) is 0.711. The molecule has 1 aliphatic rings. The topological polar surface area (TPSA) is 54.5 Å². The molecule has 0 unspecified atom stereocenters. The van der Waals surface area contributed by atoms with Crippen molar-refractivity contribution in [3.05, 3.63) is 0 Å². The van der Waals surface area contributed by atoms with Gasteiger partial charge in [0.05, 0.1) is 5.75 Å². The molecule has 6 heteroatoms. The molecule has 94 valence electrons. The summed E-state index contributed by atoms with van der Waals surface area (Å²) in [6.07, 6.45) is 2.66. The Kier molecular flexibility index (Phi) is 5.21. The van der Waals surface area contributed by atoms with Crippen LogP contribution in [0.15, 0.2) is 0 Å². The molecule has 0 radical (unpaired) electrons. The Morgan fingerprint density at radius 1 is 1.38 bits per heavy atom. The minimum absolute atomic E-state index is 0.167. The second-order valence-corrected chi connectivity index (χ2v) is 6.61. The van der Waals surface area contributed by atoms with E-state index in [0.29, 0.717) is 32.4 Å². The van der Waals surface area contributed by atoms with E-state index in [0.717, 1.165) is 6.42 Å². The highest BCUT2D eigenvalue weighted by Gasteiger charge is 2.29. The van der Waals surface area contributed by atoms with Gasteiger partial charge in [0, 0.05) is 19.0 Å². The molecule has 0 aromatic carbocycles. The smallest absolute Gasteiger partial charge is 0.224 e. The lowest BCUT2D eigenvalue weighted by Crippen LogP contribution is -2.40. The van der Waals surface area contributed by atoms with Gasteiger partial charge in [0.25, 0.3) is 0 Å². The predicted octanol–water partition coefficient (Wildman–Crippen LogP) is 1.59. The van der Waals surface area contributed by atoms with E-state index in [4.69, 9.17) is 11.6 Å². The molecule has 0 N–H and O–H groups in total. The molecule has 0 atom stereocenters. The zero-order valence-corrected chi connectivity index (χ0v) is 11.1. The summed E-state index contributed by atoms with van der Waals surface area (Å²) in [6.45, 7) is 2.82. The van der Waals surface area contributed by atoms with Crippen molar-refractivity contribution in [3.63, 3.8) is 0 Å². The molecular weight excluding hydrogens is 250 g/mol. The first kappa shape index (κ1) is 13.9. The fourth-order valence-corrected chi connectivity index (χ4v) is 3.71. The maximum absolute atomic E-state index is 11.8. The minimum Gasteiger partial charge on any atom is -0.281 e. The second-order valence-electron chi connectivity index (χ2n) is 4.15. The van der Waals surface area contributed by atoms with E-state index >= 15 is 0 Å². The maximum atomic E-state index is 11.8. The lowest BCUT2D eigenvalue weighted by atomic mass is 10.00. The molecule has 0 spiro atoms. The van der Waals surface area contributed by atoms with Crippen molar-refractivity contribution in [1.29, 1.82) is 0 Å². The third-order valence-corrected chi connectivity index (χ3v) is 5.19. The minimum atomic E-state index is -3.12. The lowest BCUT2D eigenvalue weighted by Gasteiger charge is -2.29. The molecule has 0 aliphatic carbocycles. The first-order valence-corrected chi connectivity index (χ1v) is 7.63. The van der Waals surface area contributed by atoms with Gasteiger partial charge in [0.1, 0.15) is 0 Å². The van der Waals surface area contributed by atoms with Crippen molar-refractivity contribution < 1.29 is 13.2 Å². The molecule has 0 amide bonds. The van der Waals surface area contributed by atoms with E-state index in [1.165, 1.54) is 4.31 Å². The van der Waals surface area contributed by atoms with Crippen molar-refractivity contribution >= 4 is 26.9 Å². The van der Waals surface area contributed by atoms with Crippen molar-refractivity contribution in [2.45, 2.75) is 32.6 Å². The molecule has 1 heterocycles. The summed E-state index contributed by atoms with van der Waals surface area (Å²) < 4.78 is 25.1. The Labute approximate surface area is 102 Å². The van der Waals surface area contributed by atoms with Gasteiger partial charge >= 0.3 is 0 Å². The number of nitrogens with zero attached hydrogens (tertiary/aromatic N) is 1. The molecule has 16 heavy (non-hydrogen) atoms. The van der Waals surface area contributed by atoms with E-state index in [1.54, 1.807) is 0 Å². The second kappa shape index (κ2) is 5.98. The largest absolute Gasteiger partial charge is 0.281 e. The summed E-state index contributed by atoms with van der Waals surface area (Å²) in [5.41, 5.74) is 0. The van der Waals surface area contributed by atoms with Crippen LogP contribution in [0.1, 0.15) is 32.6 Å². The first-order chi connectivity index (χ1) is 7.47. The molecule has 0 aromatic heterocycles. The standard InChI is InChI=1S/C10H18ClNO3S/c1-2-3-8-16(14,15)12-6-4-9(5-7-12)10(11)13/h9H,2-8H2,1H3. The molecule has 0 bridgehead atoms. The number of hydrogen-bond donors (Lipinski definition) is 0. The van der Waals surface area contributed by atoms with E-state index in [-0.39, 0.29) is 16.9 Å². The van der Waals surface area contributed by atoms with Gasteiger partial charge < -0.3 is 0 Å². The van der Waals surface area contributed by atoms with E-state index in [9.17, 15) is 13.2 Å². The van der Waals surface area contributed by atoms with Crippen LogP contribution in [0.3, 0.4) is 0 Å². The average molecular weight is 268 g/mol. The maximum Gasteiger partial charge on any atom is 0.224 e. The molecule has 0 saturated carbocycles. The number of unbranched alkanes of at least 4 members (excludes halogenated alkanes) is 1. The molecule has 1 aliphatic heterocycles. The Morgan fingerprint density at radius 3 is 2.38 bits per heavy atom. The summed E-state index contributed by atoms with van der Waals surface area (Å²) in [5.74, 6) is 0.0440. The highest BCUT2D eigenvalue weighted by atomic mass is 35.5. The molecule has 1 saturated heterocycles. The van der Waals surface area contributed by atoms with Crippen LogP contribution in [0.5, 0.6) is 0 Å². The SMILES string of the molecule is CCCCS(=O)(=O)N1CCC(C(=O)Cl)CC1. The van der Waals surface area contributed by atoms with Gasteiger partial charge in [-0.25, -0.2) is 12.7 Å². The van der Waals surface area contributed by atoms with Gasteiger partial charge in [-0.15, -0.1) is 0 Å². The fraction of sp³-hybridized carbons (Fsp3) is 0.900. The Balaban J connectivity index is 2.50. The van der Waals surface area contributed by atoms with Gasteiger partial charge in [-0.2, -0.15) is 0 Å². The van der Waals surface area contributed by atoms with Crippen LogP contribution in [0, 0.1) is 5.92 Å². The summed E-state index contributed by atoms with van der Waals surface area (Å²) in [5, 5.41) is -0.342. The zero-order chi connectivity index (χ0) is 12.2. The number of carbonyl (C=O) groups excluding carboxylic acids is 1. The highest BCUT2D eigenvalue weighted by Crippen LogP contribution is 2.22. The molecule has 0 aromatic rings. The lowest BCUT2D eigenvalue weighted by molar-refractivity contribution is -0.116. The van der Waals surface area contributed by atoms with Gasteiger partial charge in [0.2, 0.25) is 15.3 Å². The van der Waals surface area contributed by atoms with Crippen molar-refractivity contribution in [1.82, 2.24) is 4.31 Å². The van der Waals surface area contributed by atoms with Crippen LogP contribution < -0.4 is 0 Å². The average Bonchev–Trinajstić information content (AvgIpc) is 2.26. The van der Waals surface area contributed by atoms with E-state index in [2.05, 4.69) is 0 Å². The highest BCUT2D eigenvalue weighted by molar-refractivity contribution is 7.89. The van der Waals surface area contributed by atoms with Crippen molar-refractivity contribution in [3.8, 4) is 0 Å². The molecule has 4 nitrogen and oxygen atoms in total. The fourth-order valence-electron chi connectivity index (χ4n) is 1.82. The monoisotopic (exact) mass is 267 g/mol. The summed E-state index contributed by atoms with van der Waals surface area (Å²) in [7, 11) is -3.12. The van der Waals surface area contributed by atoms with Gasteiger partial charge in [-0.05, 0) is 30.9 Å². The van der Waals surface area contributed by atoms with E-state index < -0.39 is 10.0 Å². The number of hydrogen-bond acceptors (Lipinski definition) is 3. The Bertz CT molecular complexity index is 334. The Hall–Kier alpha value is -0.130. The number of piperidine rings is 1.